The minimum absolute atomic E-state index is 0.0675. The third-order valence-electron chi connectivity index (χ3n) is 4.37. The first kappa shape index (κ1) is 15.3. The van der Waals surface area contributed by atoms with E-state index < -0.39 is 5.60 Å². The fourth-order valence-corrected chi connectivity index (χ4v) is 3.19. The number of aliphatic hydroxyl groups is 1. The summed E-state index contributed by atoms with van der Waals surface area (Å²) in [5.41, 5.74) is -0.784. The molecule has 0 aromatic carbocycles. The first-order valence-corrected chi connectivity index (χ1v) is 7.86. The lowest BCUT2D eigenvalue weighted by molar-refractivity contribution is -0.127. The Kier molecular flexibility index (Phi) is 5.40. The van der Waals surface area contributed by atoms with Crippen LogP contribution in [0.3, 0.4) is 0 Å². The van der Waals surface area contributed by atoms with E-state index in [-0.39, 0.29) is 18.2 Å². The first-order chi connectivity index (χ1) is 9.59. The molecule has 2 N–H and O–H groups in total. The quantitative estimate of drug-likeness (QED) is 0.719. The van der Waals surface area contributed by atoms with E-state index in [0.29, 0.717) is 13.0 Å². The number of hydrogen-bond acceptors (Lipinski definition) is 3. The van der Waals surface area contributed by atoms with Crippen LogP contribution in [0.5, 0.6) is 0 Å². The summed E-state index contributed by atoms with van der Waals surface area (Å²) >= 11 is 0. The van der Waals surface area contributed by atoms with Crippen LogP contribution in [-0.2, 0) is 9.59 Å². The average Bonchev–Trinajstić information content (AvgIpc) is 2.81. The molecule has 2 amide bonds. The molecule has 0 radical (unpaired) electrons. The van der Waals surface area contributed by atoms with Crippen molar-refractivity contribution in [3.8, 4) is 0 Å². The summed E-state index contributed by atoms with van der Waals surface area (Å²) in [7, 11) is 0. The van der Waals surface area contributed by atoms with Gasteiger partial charge in [0, 0.05) is 26.1 Å². The normalized spacial score (nSPS) is 22.1. The van der Waals surface area contributed by atoms with Crippen molar-refractivity contribution in [3.63, 3.8) is 0 Å². The molecule has 0 spiro atoms. The Morgan fingerprint density at radius 1 is 1.25 bits per heavy atom. The largest absolute Gasteiger partial charge is 0.389 e. The maximum absolute atomic E-state index is 11.8. The lowest BCUT2D eigenvalue weighted by atomic mass is 9.82. The molecule has 0 aromatic rings. The fourth-order valence-electron chi connectivity index (χ4n) is 3.19. The molecule has 2 aliphatic rings. The van der Waals surface area contributed by atoms with E-state index in [1.807, 2.05) is 4.90 Å². The Morgan fingerprint density at radius 2 is 2.00 bits per heavy atom. The number of amides is 2. The highest BCUT2D eigenvalue weighted by Gasteiger charge is 2.31. The van der Waals surface area contributed by atoms with Gasteiger partial charge in [0.2, 0.25) is 11.8 Å². The summed E-state index contributed by atoms with van der Waals surface area (Å²) in [6, 6.07) is 0. The standard InChI is InChI=1S/C15H26N2O3/c18-13(12-15(20)7-2-1-3-8-15)16-9-5-11-17-10-4-6-14(17)19/h20H,1-12H2,(H,16,18). The van der Waals surface area contributed by atoms with Gasteiger partial charge in [-0.2, -0.15) is 0 Å². The summed E-state index contributed by atoms with van der Waals surface area (Å²) in [4.78, 5) is 25.1. The van der Waals surface area contributed by atoms with Crippen LogP contribution in [-0.4, -0.2) is 47.1 Å². The molecule has 2 fully saturated rings. The van der Waals surface area contributed by atoms with Gasteiger partial charge in [0.15, 0.2) is 0 Å². The summed E-state index contributed by atoms with van der Waals surface area (Å²) in [5, 5.41) is 13.1. The van der Waals surface area contributed by atoms with Gasteiger partial charge in [0.25, 0.3) is 0 Å². The van der Waals surface area contributed by atoms with E-state index in [4.69, 9.17) is 0 Å². The summed E-state index contributed by atoms with van der Waals surface area (Å²) in [6.07, 6.45) is 7.30. The second kappa shape index (κ2) is 7.07. The Hall–Kier alpha value is -1.10. The van der Waals surface area contributed by atoms with Crippen LogP contribution in [0.25, 0.3) is 0 Å². The Balaban J connectivity index is 1.59. The van der Waals surface area contributed by atoms with Gasteiger partial charge in [0.05, 0.1) is 12.0 Å². The van der Waals surface area contributed by atoms with Gasteiger partial charge in [-0.3, -0.25) is 9.59 Å². The highest BCUT2D eigenvalue weighted by Crippen LogP contribution is 2.30. The highest BCUT2D eigenvalue weighted by molar-refractivity contribution is 5.78. The molecule has 20 heavy (non-hydrogen) atoms. The monoisotopic (exact) mass is 282 g/mol. The van der Waals surface area contributed by atoms with Gasteiger partial charge in [-0.1, -0.05) is 19.3 Å². The number of hydrogen-bond donors (Lipinski definition) is 2. The molecule has 5 nitrogen and oxygen atoms in total. The molecule has 1 aliphatic heterocycles. The predicted octanol–water partition coefficient (Wildman–Crippen LogP) is 1.20. The smallest absolute Gasteiger partial charge is 0.222 e. The van der Waals surface area contributed by atoms with Gasteiger partial charge >= 0.3 is 0 Å². The minimum Gasteiger partial charge on any atom is -0.389 e. The van der Waals surface area contributed by atoms with Gasteiger partial charge in [-0.05, 0) is 25.7 Å². The van der Waals surface area contributed by atoms with E-state index >= 15 is 0 Å². The van der Waals surface area contributed by atoms with Crippen molar-refractivity contribution in [1.29, 1.82) is 0 Å². The molecule has 2 rings (SSSR count). The SMILES string of the molecule is O=C(CC1(O)CCCCC1)NCCCN1CCCC1=O. The van der Waals surface area contributed by atoms with Crippen molar-refractivity contribution in [2.45, 2.75) is 63.4 Å². The van der Waals surface area contributed by atoms with Crippen molar-refractivity contribution >= 4 is 11.8 Å². The molecule has 0 bridgehead atoms. The molecular weight excluding hydrogens is 256 g/mol. The molecule has 0 atom stereocenters. The van der Waals surface area contributed by atoms with E-state index in [0.717, 1.165) is 58.0 Å². The molecule has 0 aromatic heterocycles. The van der Waals surface area contributed by atoms with Crippen LogP contribution in [0.15, 0.2) is 0 Å². The van der Waals surface area contributed by atoms with E-state index in [1.54, 1.807) is 0 Å². The summed E-state index contributed by atoms with van der Waals surface area (Å²) in [5.74, 6) is 0.162. The number of nitrogens with one attached hydrogen (secondary N) is 1. The number of likely N-dealkylation sites (tertiary alicyclic amines) is 1. The van der Waals surface area contributed by atoms with Crippen LogP contribution in [0.4, 0.5) is 0 Å². The van der Waals surface area contributed by atoms with Crippen LogP contribution >= 0.6 is 0 Å². The number of rotatable bonds is 6. The lowest BCUT2D eigenvalue weighted by Gasteiger charge is -2.31. The van der Waals surface area contributed by atoms with Crippen molar-refractivity contribution in [2.75, 3.05) is 19.6 Å². The Morgan fingerprint density at radius 3 is 2.65 bits per heavy atom. The van der Waals surface area contributed by atoms with Crippen molar-refractivity contribution in [2.24, 2.45) is 0 Å². The predicted molar refractivity (Wildman–Crippen MR) is 76.1 cm³/mol. The number of nitrogens with zero attached hydrogens (tertiary/aromatic N) is 1. The second-order valence-electron chi connectivity index (χ2n) is 6.15. The van der Waals surface area contributed by atoms with Crippen molar-refractivity contribution in [1.82, 2.24) is 10.2 Å². The molecule has 1 aliphatic carbocycles. The van der Waals surface area contributed by atoms with E-state index in [1.165, 1.54) is 0 Å². The van der Waals surface area contributed by atoms with Gasteiger partial charge in [-0.25, -0.2) is 0 Å². The first-order valence-electron chi connectivity index (χ1n) is 7.86. The Labute approximate surface area is 120 Å². The summed E-state index contributed by atoms with van der Waals surface area (Å²) in [6.45, 7) is 2.16. The molecule has 1 heterocycles. The molecule has 1 saturated carbocycles. The average molecular weight is 282 g/mol. The minimum atomic E-state index is -0.784. The zero-order chi connectivity index (χ0) is 14.4. The maximum atomic E-state index is 11.8. The maximum Gasteiger partial charge on any atom is 0.222 e. The molecule has 0 unspecified atom stereocenters. The molecular formula is C15H26N2O3. The molecule has 5 heteroatoms. The summed E-state index contributed by atoms with van der Waals surface area (Å²) < 4.78 is 0. The lowest BCUT2D eigenvalue weighted by Crippen LogP contribution is -2.39. The molecule has 1 saturated heterocycles. The molecule has 114 valence electrons. The van der Waals surface area contributed by atoms with Crippen LogP contribution in [0.1, 0.15) is 57.8 Å². The zero-order valence-corrected chi connectivity index (χ0v) is 12.2. The number of carbonyl (C=O) groups excluding carboxylic acids is 2. The van der Waals surface area contributed by atoms with Crippen molar-refractivity contribution < 1.29 is 14.7 Å². The van der Waals surface area contributed by atoms with Gasteiger partial charge in [0.1, 0.15) is 0 Å². The number of carbonyl (C=O) groups is 2. The van der Waals surface area contributed by atoms with E-state index in [2.05, 4.69) is 5.32 Å². The van der Waals surface area contributed by atoms with Gasteiger partial charge in [-0.15, -0.1) is 0 Å². The van der Waals surface area contributed by atoms with Crippen molar-refractivity contribution in [3.05, 3.63) is 0 Å². The van der Waals surface area contributed by atoms with Crippen LogP contribution < -0.4 is 5.32 Å². The third-order valence-corrected chi connectivity index (χ3v) is 4.37. The second-order valence-corrected chi connectivity index (χ2v) is 6.15. The topological polar surface area (TPSA) is 69.6 Å². The highest BCUT2D eigenvalue weighted by atomic mass is 16.3. The Bertz CT molecular complexity index is 351. The van der Waals surface area contributed by atoms with Crippen LogP contribution in [0, 0.1) is 0 Å². The third kappa shape index (κ3) is 4.47. The van der Waals surface area contributed by atoms with Crippen LogP contribution in [0.2, 0.25) is 0 Å². The van der Waals surface area contributed by atoms with E-state index in [9.17, 15) is 14.7 Å². The zero-order valence-electron chi connectivity index (χ0n) is 12.2. The van der Waals surface area contributed by atoms with Gasteiger partial charge < -0.3 is 15.3 Å². The fraction of sp³-hybridized carbons (Fsp3) is 0.867.